The minimum absolute atomic E-state index is 0. The largest absolute Gasteiger partial charge is 1.00 e. The van der Waals surface area contributed by atoms with Crippen molar-refractivity contribution in [1.82, 2.24) is 0 Å². The Kier molecular flexibility index (Phi) is 5.19. The second kappa shape index (κ2) is 3.96. The van der Waals surface area contributed by atoms with E-state index in [0.29, 0.717) is 0 Å². The van der Waals surface area contributed by atoms with E-state index in [1.165, 1.54) is 0 Å². The molecule has 4 nitrogen and oxygen atoms in total. The first kappa shape index (κ1) is 11.8. The normalized spacial score (nSPS) is 12.4. The zero-order valence-electron chi connectivity index (χ0n) is 5.16. The van der Waals surface area contributed by atoms with E-state index < -0.39 is 15.9 Å². The van der Waals surface area contributed by atoms with Crippen LogP contribution in [-0.4, -0.2) is 18.1 Å². The van der Waals surface area contributed by atoms with E-state index in [1.807, 2.05) is 0 Å². The van der Waals surface area contributed by atoms with Crippen molar-refractivity contribution in [2.24, 2.45) is 0 Å². The summed E-state index contributed by atoms with van der Waals surface area (Å²) in [5.41, 5.74) is 0. The first-order valence-corrected chi connectivity index (χ1v) is 3.22. The van der Waals surface area contributed by atoms with Gasteiger partial charge in [0.2, 0.25) is 0 Å². The molecule has 48 valence electrons. The van der Waals surface area contributed by atoms with Crippen LogP contribution in [0.15, 0.2) is 11.2 Å². The van der Waals surface area contributed by atoms with Crippen LogP contribution in [0, 0.1) is 0 Å². The predicted octanol–water partition coefficient (Wildman–Crippen LogP) is -3.05. The third kappa shape index (κ3) is 11.6. The average molecular weight is 144 g/mol. The first-order valence-electron chi connectivity index (χ1n) is 1.75. The van der Waals surface area contributed by atoms with Crippen LogP contribution in [0.4, 0.5) is 0 Å². The van der Waals surface area contributed by atoms with Gasteiger partial charge < -0.3 is 9.66 Å². The Labute approximate surface area is 65.5 Å². The Morgan fingerprint density at radius 2 is 2.00 bits per heavy atom. The molecule has 0 bridgehead atoms. The fourth-order valence-electron chi connectivity index (χ4n) is 0.209. The van der Waals surface area contributed by atoms with E-state index in [1.54, 1.807) is 0 Å². The van der Waals surface area contributed by atoms with E-state index in [4.69, 9.17) is 5.11 Å². The molecule has 0 saturated heterocycles. The third-order valence-corrected chi connectivity index (χ3v) is 0.945. The van der Waals surface area contributed by atoms with E-state index in [9.17, 15) is 13.0 Å². The summed E-state index contributed by atoms with van der Waals surface area (Å²) in [6.07, 6.45) is 0. The zero-order chi connectivity index (χ0) is 6.78. The van der Waals surface area contributed by atoms with E-state index >= 15 is 0 Å². The van der Waals surface area contributed by atoms with E-state index in [0.717, 1.165) is 6.92 Å². The number of aliphatic hydroxyl groups is 1. The maximum absolute atomic E-state index is 9.65. The standard InChI is InChI=1S/C3H6O4S.Li/c1-3(4)2-8(5,6)7;/h2,4H,1H3,(H,5,6,7);/q;+1/p-1. The molecule has 0 atom stereocenters. The summed E-state index contributed by atoms with van der Waals surface area (Å²) < 4.78 is 28.9. The molecule has 0 aromatic heterocycles. The number of hydrogen-bond acceptors (Lipinski definition) is 4. The maximum Gasteiger partial charge on any atom is 1.00 e. The molecule has 9 heavy (non-hydrogen) atoms. The van der Waals surface area contributed by atoms with Crippen LogP contribution in [0.2, 0.25) is 0 Å². The molecule has 0 aliphatic rings. The van der Waals surface area contributed by atoms with Gasteiger partial charge in [0.05, 0.1) is 11.2 Å². The fourth-order valence-corrected chi connectivity index (χ4v) is 0.627. The number of aliphatic hydroxyl groups excluding tert-OH is 1. The quantitative estimate of drug-likeness (QED) is 0.241. The van der Waals surface area contributed by atoms with Gasteiger partial charge in [-0.25, -0.2) is 8.42 Å². The van der Waals surface area contributed by atoms with Crippen LogP contribution in [0.3, 0.4) is 0 Å². The molecule has 0 radical (unpaired) electrons. The molecule has 0 aromatic rings. The van der Waals surface area contributed by atoms with Crippen molar-refractivity contribution in [2.45, 2.75) is 6.92 Å². The van der Waals surface area contributed by atoms with Crippen LogP contribution in [0.5, 0.6) is 0 Å². The zero-order valence-corrected chi connectivity index (χ0v) is 5.97. The van der Waals surface area contributed by atoms with Gasteiger partial charge in [0.25, 0.3) is 0 Å². The summed E-state index contributed by atoms with van der Waals surface area (Å²) in [5.74, 6) is -0.500. The Balaban J connectivity index is 0. The molecule has 0 aliphatic carbocycles. The minimum atomic E-state index is -4.39. The van der Waals surface area contributed by atoms with Crippen molar-refractivity contribution < 1.29 is 36.9 Å². The smallest absolute Gasteiger partial charge is 0.744 e. The van der Waals surface area contributed by atoms with Gasteiger partial charge in [0.1, 0.15) is 10.1 Å². The molecule has 1 N–H and O–H groups in total. The van der Waals surface area contributed by atoms with Gasteiger partial charge >= 0.3 is 18.9 Å². The molecular weight excluding hydrogens is 139 g/mol. The number of rotatable bonds is 1. The minimum Gasteiger partial charge on any atom is -0.744 e. The van der Waals surface area contributed by atoms with Gasteiger partial charge in [-0.1, -0.05) is 0 Å². The van der Waals surface area contributed by atoms with Gasteiger partial charge in [-0.05, 0) is 6.92 Å². The third-order valence-electron chi connectivity index (χ3n) is 0.315. The van der Waals surface area contributed by atoms with Crippen molar-refractivity contribution in [3.63, 3.8) is 0 Å². The van der Waals surface area contributed by atoms with Crippen LogP contribution >= 0.6 is 0 Å². The average Bonchev–Trinajstić information content (AvgIpc) is 1.21. The van der Waals surface area contributed by atoms with Crippen LogP contribution in [-0.2, 0) is 10.1 Å². The fraction of sp³-hybridized carbons (Fsp3) is 0.333. The summed E-state index contributed by atoms with van der Waals surface area (Å²) in [4.78, 5) is 0. The van der Waals surface area contributed by atoms with Gasteiger partial charge in [0, 0.05) is 0 Å². The monoisotopic (exact) mass is 144 g/mol. The molecule has 0 fully saturated rings. The van der Waals surface area contributed by atoms with Crippen molar-refractivity contribution >= 4 is 10.1 Å². The van der Waals surface area contributed by atoms with Gasteiger partial charge in [0.15, 0.2) is 0 Å². The summed E-state index contributed by atoms with van der Waals surface area (Å²) in [5, 5.41) is 8.41. The van der Waals surface area contributed by atoms with Crippen molar-refractivity contribution in [3.05, 3.63) is 11.2 Å². The van der Waals surface area contributed by atoms with E-state index in [2.05, 4.69) is 0 Å². The SMILES string of the molecule is CC(O)=CS(=O)(=O)[O-].[Li+]. The molecule has 0 rings (SSSR count). The van der Waals surface area contributed by atoms with E-state index in [-0.39, 0.29) is 24.3 Å². The molecule has 0 saturated carbocycles. The second-order valence-corrected chi connectivity index (χ2v) is 2.47. The second-order valence-electron chi connectivity index (χ2n) is 1.25. The van der Waals surface area contributed by atoms with Crippen LogP contribution in [0.1, 0.15) is 6.92 Å². The van der Waals surface area contributed by atoms with Gasteiger partial charge in [-0.15, -0.1) is 0 Å². The molecule has 0 spiro atoms. The summed E-state index contributed by atoms with van der Waals surface area (Å²) in [7, 11) is -4.39. The van der Waals surface area contributed by atoms with Gasteiger partial charge in [-0.3, -0.25) is 0 Å². The van der Waals surface area contributed by atoms with Crippen molar-refractivity contribution in [1.29, 1.82) is 0 Å². The Morgan fingerprint density at radius 1 is 1.67 bits per heavy atom. The molecular formula is C3H5LiO4S. The first-order chi connectivity index (χ1) is 3.42. The Hall–Kier alpha value is 0.0474. The Bertz CT molecular complexity index is 188. The molecule has 6 heteroatoms. The Morgan fingerprint density at radius 3 is 2.00 bits per heavy atom. The summed E-state index contributed by atoms with van der Waals surface area (Å²) in [6, 6.07) is 0. The molecule has 0 aromatic carbocycles. The number of allylic oxidation sites excluding steroid dienone is 1. The van der Waals surface area contributed by atoms with Crippen molar-refractivity contribution in [2.75, 3.05) is 0 Å². The van der Waals surface area contributed by atoms with Crippen molar-refractivity contribution in [3.8, 4) is 0 Å². The molecule has 0 aliphatic heterocycles. The molecule has 0 heterocycles. The predicted molar refractivity (Wildman–Crippen MR) is 26.1 cm³/mol. The van der Waals surface area contributed by atoms with Crippen LogP contribution < -0.4 is 18.9 Å². The maximum atomic E-state index is 9.65. The summed E-state index contributed by atoms with van der Waals surface area (Å²) >= 11 is 0. The molecule has 0 amide bonds. The topological polar surface area (TPSA) is 77.4 Å². The van der Waals surface area contributed by atoms with Gasteiger partial charge in [-0.2, -0.15) is 0 Å². The van der Waals surface area contributed by atoms with Crippen LogP contribution in [0.25, 0.3) is 0 Å². The number of hydrogen-bond donors (Lipinski definition) is 1. The summed E-state index contributed by atoms with van der Waals surface area (Å²) in [6.45, 7) is 1.11. The molecule has 0 unspecified atom stereocenters.